The van der Waals surface area contributed by atoms with Crippen molar-refractivity contribution >= 4 is 28.4 Å². The van der Waals surface area contributed by atoms with E-state index in [2.05, 4.69) is 35.6 Å². The monoisotopic (exact) mass is 288 g/mol. The lowest BCUT2D eigenvalue weighted by Gasteiger charge is -2.26. The molecule has 3 N–H and O–H groups in total. The number of nitrogens with two attached hydrogens (primary N) is 1. The molecule has 0 aliphatic carbocycles. The van der Waals surface area contributed by atoms with Gasteiger partial charge in [0.2, 0.25) is 5.91 Å². The van der Waals surface area contributed by atoms with E-state index >= 15 is 0 Å². The molecule has 0 aliphatic rings. The second kappa shape index (κ2) is 6.29. The number of fused-ring (bicyclic) bond motifs is 1. The van der Waals surface area contributed by atoms with Gasteiger partial charge in [-0.15, -0.1) is 11.8 Å². The average Bonchev–Trinajstić information content (AvgIpc) is 2.45. The Balaban J connectivity index is 2.13. The van der Waals surface area contributed by atoms with Gasteiger partial charge in [-0.1, -0.05) is 37.3 Å². The molecule has 2 rings (SSSR count). The number of thioether (sulfide) groups is 1. The highest BCUT2D eigenvalue weighted by Gasteiger charge is 2.29. The Hall–Kier alpha value is -1.52. The zero-order valence-electron chi connectivity index (χ0n) is 11.8. The zero-order valence-corrected chi connectivity index (χ0v) is 12.7. The van der Waals surface area contributed by atoms with Crippen LogP contribution in [0.1, 0.15) is 13.8 Å². The number of carbonyl (C=O) groups excluding carboxylic acids is 1. The molecule has 0 saturated carbocycles. The highest BCUT2D eigenvalue weighted by Crippen LogP contribution is 2.26. The second-order valence-electron chi connectivity index (χ2n) is 5.02. The maximum Gasteiger partial charge on any atom is 0.238 e. The summed E-state index contributed by atoms with van der Waals surface area (Å²) in [7, 11) is 0. The first-order valence-corrected chi connectivity index (χ1v) is 7.70. The summed E-state index contributed by atoms with van der Waals surface area (Å²) in [5.74, 6) is 0.307. The number of benzene rings is 2. The van der Waals surface area contributed by atoms with Crippen LogP contribution in [0.5, 0.6) is 0 Å². The van der Waals surface area contributed by atoms with Crippen LogP contribution in [-0.4, -0.2) is 23.7 Å². The summed E-state index contributed by atoms with van der Waals surface area (Å²) in [6.45, 7) is 4.55. The quantitative estimate of drug-likeness (QED) is 0.804. The van der Waals surface area contributed by atoms with E-state index in [0.717, 1.165) is 11.4 Å². The van der Waals surface area contributed by atoms with Crippen LogP contribution in [0.25, 0.3) is 10.8 Å². The Morgan fingerprint density at radius 2 is 1.95 bits per heavy atom. The molecular weight excluding hydrogens is 268 g/mol. The zero-order chi connectivity index (χ0) is 14.6. The summed E-state index contributed by atoms with van der Waals surface area (Å²) in [4.78, 5) is 12.7. The fraction of sp³-hybridized carbons (Fsp3) is 0.312. The topological polar surface area (TPSA) is 55.1 Å². The number of hydrogen-bond donors (Lipinski definition) is 2. The van der Waals surface area contributed by atoms with Crippen molar-refractivity contribution in [3.8, 4) is 0 Å². The number of carbonyl (C=O) groups is 1. The van der Waals surface area contributed by atoms with Crippen molar-refractivity contribution in [3.05, 3.63) is 42.5 Å². The van der Waals surface area contributed by atoms with Crippen LogP contribution >= 0.6 is 11.8 Å². The van der Waals surface area contributed by atoms with Crippen LogP contribution in [0, 0.1) is 0 Å². The number of rotatable bonds is 6. The molecule has 1 amide bonds. The molecule has 0 fully saturated rings. The van der Waals surface area contributed by atoms with Gasteiger partial charge < -0.3 is 11.1 Å². The van der Waals surface area contributed by atoms with Crippen molar-refractivity contribution < 1.29 is 4.79 Å². The van der Waals surface area contributed by atoms with E-state index < -0.39 is 5.54 Å². The van der Waals surface area contributed by atoms with E-state index in [0.29, 0.717) is 5.75 Å². The Kier molecular flexibility index (Phi) is 4.68. The van der Waals surface area contributed by atoms with Crippen molar-refractivity contribution in [2.24, 2.45) is 5.73 Å². The van der Waals surface area contributed by atoms with Gasteiger partial charge >= 0.3 is 0 Å². The first kappa shape index (κ1) is 14.9. The predicted octanol–water partition coefficient (Wildman–Crippen LogP) is 2.79. The van der Waals surface area contributed by atoms with Crippen LogP contribution in [0.3, 0.4) is 0 Å². The summed E-state index contributed by atoms with van der Waals surface area (Å²) in [6.07, 6.45) is 0. The number of hydrogen-bond acceptors (Lipinski definition) is 3. The predicted molar refractivity (Wildman–Crippen MR) is 85.9 cm³/mol. The molecule has 106 valence electrons. The Morgan fingerprint density at radius 1 is 1.25 bits per heavy atom. The lowest BCUT2D eigenvalue weighted by Crippen LogP contribution is -2.55. The minimum Gasteiger partial charge on any atom is -0.368 e. The van der Waals surface area contributed by atoms with Crippen LogP contribution in [-0.2, 0) is 4.79 Å². The van der Waals surface area contributed by atoms with Gasteiger partial charge in [0.05, 0.1) is 0 Å². The molecule has 2 aromatic rings. The van der Waals surface area contributed by atoms with Crippen LogP contribution < -0.4 is 11.1 Å². The Labute approximate surface area is 123 Å². The van der Waals surface area contributed by atoms with Gasteiger partial charge in [-0.05, 0) is 36.4 Å². The van der Waals surface area contributed by atoms with E-state index in [9.17, 15) is 4.79 Å². The van der Waals surface area contributed by atoms with Gasteiger partial charge in [0.1, 0.15) is 5.54 Å². The minimum atomic E-state index is -0.676. The van der Waals surface area contributed by atoms with E-state index in [4.69, 9.17) is 5.73 Å². The van der Waals surface area contributed by atoms with Gasteiger partial charge in [0.15, 0.2) is 0 Å². The maximum atomic E-state index is 11.6. The average molecular weight is 288 g/mol. The number of amides is 1. The maximum absolute atomic E-state index is 11.6. The first-order chi connectivity index (χ1) is 9.55. The van der Waals surface area contributed by atoms with Gasteiger partial charge in [0.25, 0.3) is 0 Å². The lowest BCUT2D eigenvalue weighted by molar-refractivity contribution is -0.122. The van der Waals surface area contributed by atoms with Gasteiger partial charge in [-0.25, -0.2) is 0 Å². The molecule has 0 spiro atoms. The fourth-order valence-corrected chi connectivity index (χ4v) is 3.16. The summed E-state index contributed by atoms with van der Waals surface area (Å²) in [5.41, 5.74) is 4.82. The molecule has 4 heteroatoms. The summed E-state index contributed by atoms with van der Waals surface area (Å²) in [5, 5.41) is 5.60. The van der Waals surface area contributed by atoms with Crippen LogP contribution in [0.15, 0.2) is 47.4 Å². The third-order valence-electron chi connectivity index (χ3n) is 3.36. The third kappa shape index (κ3) is 3.32. The molecule has 0 bridgehead atoms. The molecule has 0 radical (unpaired) electrons. The summed E-state index contributed by atoms with van der Waals surface area (Å²) in [6, 6.07) is 14.6. The van der Waals surface area contributed by atoms with E-state index in [1.165, 1.54) is 10.8 Å². The molecular formula is C16H20N2OS. The molecule has 2 aromatic carbocycles. The van der Waals surface area contributed by atoms with E-state index in [1.807, 2.05) is 26.0 Å². The minimum absolute atomic E-state index is 0.312. The normalized spacial score (nSPS) is 14.1. The summed E-state index contributed by atoms with van der Waals surface area (Å²) < 4.78 is 0. The number of likely N-dealkylation sites (N-methyl/N-ethyl adjacent to an activating group) is 1. The van der Waals surface area contributed by atoms with Crippen molar-refractivity contribution in [3.63, 3.8) is 0 Å². The highest BCUT2D eigenvalue weighted by atomic mass is 32.2. The third-order valence-corrected chi connectivity index (χ3v) is 4.67. The fourth-order valence-electron chi connectivity index (χ4n) is 2.08. The van der Waals surface area contributed by atoms with Crippen molar-refractivity contribution in [1.29, 1.82) is 0 Å². The highest BCUT2D eigenvalue weighted by molar-refractivity contribution is 7.99. The van der Waals surface area contributed by atoms with Crippen LogP contribution in [0.4, 0.5) is 0 Å². The van der Waals surface area contributed by atoms with E-state index in [1.54, 1.807) is 11.8 Å². The molecule has 0 aliphatic heterocycles. The Morgan fingerprint density at radius 3 is 2.60 bits per heavy atom. The molecule has 3 nitrogen and oxygen atoms in total. The SMILES string of the molecule is CCNC(C)(CSc1ccc2ccccc2c1)C(N)=O. The van der Waals surface area contributed by atoms with Crippen molar-refractivity contribution in [1.82, 2.24) is 5.32 Å². The summed E-state index contributed by atoms with van der Waals surface area (Å²) >= 11 is 1.65. The smallest absolute Gasteiger partial charge is 0.238 e. The van der Waals surface area contributed by atoms with Gasteiger partial charge in [-0.3, -0.25) is 4.79 Å². The van der Waals surface area contributed by atoms with Gasteiger partial charge in [-0.2, -0.15) is 0 Å². The van der Waals surface area contributed by atoms with Crippen molar-refractivity contribution in [2.75, 3.05) is 12.3 Å². The van der Waals surface area contributed by atoms with Crippen molar-refractivity contribution in [2.45, 2.75) is 24.3 Å². The molecule has 1 atom stereocenters. The molecule has 20 heavy (non-hydrogen) atoms. The second-order valence-corrected chi connectivity index (χ2v) is 6.07. The molecule has 0 saturated heterocycles. The number of nitrogens with one attached hydrogen (secondary N) is 1. The largest absolute Gasteiger partial charge is 0.368 e. The molecule has 0 heterocycles. The standard InChI is InChI=1S/C16H20N2OS/c1-3-18-16(2,15(17)19)11-20-14-9-8-12-6-4-5-7-13(12)10-14/h4-10,18H,3,11H2,1-2H3,(H2,17,19). The van der Waals surface area contributed by atoms with Crippen LogP contribution in [0.2, 0.25) is 0 Å². The molecule has 1 unspecified atom stereocenters. The first-order valence-electron chi connectivity index (χ1n) is 6.72. The van der Waals surface area contributed by atoms with Gasteiger partial charge in [0, 0.05) is 10.6 Å². The number of primary amides is 1. The van der Waals surface area contributed by atoms with E-state index in [-0.39, 0.29) is 5.91 Å². The Bertz CT molecular complexity index is 614. The lowest BCUT2D eigenvalue weighted by atomic mass is 10.1. The molecule has 0 aromatic heterocycles.